The third kappa shape index (κ3) is 1.82. The molecule has 3 nitrogen and oxygen atoms in total. The second-order valence-corrected chi connectivity index (χ2v) is 3.65. The molecule has 4 heteroatoms. The summed E-state index contributed by atoms with van der Waals surface area (Å²) in [5.41, 5.74) is 0. The molecule has 0 aliphatic heterocycles. The fourth-order valence-electron chi connectivity index (χ4n) is 1.34. The number of rotatable bonds is 2. The molecule has 1 atom stereocenters. The van der Waals surface area contributed by atoms with Gasteiger partial charge in [-0.25, -0.2) is 4.98 Å². The lowest BCUT2D eigenvalue weighted by atomic mass is 10.0. The van der Waals surface area contributed by atoms with Crippen LogP contribution in [0.2, 0.25) is 0 Å². The number of anilines is 1. The molecule has 0 aromatic carbocycles. The average Bonchev–Trinajstić information content (AvgIpc) is 2.59. The monoisotopic (exact) mass is 181 g/mol. The molecule has 1 aliphatic carbocycles. The van der Waals surface area contributed by atoms with Gasteiger partial charge in [-0.3, -0.25) is 0 Å². The summed E-state index contributed by atoms with van der Waals surface area (Å²) in [5, 5.41) is 4.29. The van der Waals surface area contributed by atoms with Gasteiger partial charge in [-0.15, -0.1) is 0 Å². The predicted molar refractivity (Wildman–Crippen MR) is 50.3 cm³/mol. The zero-order valence-corrected chi connectivity index (χ0v) is 7.55. The second-order valence-electron chi connectivity index (χ2n) is 2.87. The zero-order chi connectivity index (χ0) is 8.23. The van der Waals surface area contributed by atoms with E-state index in [1.807, 2.05) is 0 Å². The Hall–Kier alpha value is -0.900. The molecule has 1 heterocycles. The molecule has 0 saturated carbocycles. The van der Waals surface area contributed by atoms with E-state index in [4.69, 9.17) is 0 Å². The van der Waals surface area contributed by atoms with Crippen molar-refractivity contribution in [3.8, 4) is 0 Å². The zero-order valence-electron chi connectivity index (χ0n) is 6.73. The number of hydrogen-bond donors (Lipinski definition) is 1. The van der Waals surface area contributed by atoms with Crippen molar-refractivity contribution < 1.29 is 0 Å². The summed E-state index contributed by atoms with van der Waals surface area (Å²) in [6, 6.07) is 0.558. The van der Waals surface area contributed by atoms with Crippen molar-refractivity contribution in [2.45, 2.75) is 25.3 Å². The summed E-state index contributed by atoms with van der Waals surface area (Å²) >= 11 is 1.42. The van der Waals surface area contributed by atoms with Gasteiger partial charge >= 0.3 is 0 Å². The highest BCUT2D eigenvalue weighted by atomic mass is 32.1. The molecule has 0 amide bonds. The number of aromatic nitrogens is 2. The first-order chi connectivity index (χ1) is 5.95. The van der Waals surface area contributed by atoms with Crippen LogP contribution >= 0.6 is 11.5 Å². The Morgan fingerprint density at radius 3 is 3.17 bits per heavy atom. The Morgan fingerprint density at radius 2 is 2.50 bits per heavy atom. The van der Waals surface area contributed by atoms with Crippen LogP contribution in [0.3, 0.4) is 0 Å². The van der Waals surface area contributed by atoms with Gasteiger partial charge in [-0.05, 0) is 19.3 Å². The minimum atomic E-state index is 0.558. The maximum Gasteiger partial charge on any atom is 0.202 e. The van der Waals surface area contributed by atoms with E-state index >= 15 is 0 Å². The highest BCUT2D eigenvalue weighted by Gasteiger charge is 2.09. The molecule has 1 aromatic heterocycles. The molecule has 1 aromatic rings. The van der Waals surface area contributed by atoms with Crippen molar-refractivity contribution in [2.75, 3.05) is 5.32 Å². The van der Waals surface area contributed by atoms with E-state index in [1.54, 1.807) is 6.33 Å². The van der Waals surface area contributed by atoms with Crippen LogP contribution < -0.4 is 5.32 Å². The summed E-state index contributed by atoms with van der Waals surface area (Å²) in [4.78, 5) is 4.08. The van der Waals surface area contributed by atoms with Crippen molar-refractivity contribution in [1.82, 2.24) is 9.36 Å². The number of nitrogens with zero attached hydrogens (tertiary/aromatic N) is 2. The number of allylic oxidation sites excluding steroid dienone is 1. The van der Waals surface area contributed by atoms with Crippen LogP contribution in [0.15, 0.2) is 18.5 Å². The summed E-state index contributed by atoms with van der Waals surface area (Å²) in [6.45, 7) is 0. The van der Waals surface area contributed by atoms with Crippen LogP contribution in [0.1, 0.15) is 19.3 Å². The Kier molecular flexibility index (Phi) is 2.36. The molecule has 0 bridgehead atoms. The van der Waals surface area contributed by atoms with Gasteiger partial charge in [-0.1, -0.05) is 12.2 Å². The van der Waals surface area contributed by atoms with Gasteiger partial charge in [0.25, 0.3) is 0 Å². The number of nitrogens with one attached hydrogen (secondary N) is 1. The summed E-state index contributed by atoms with van der Waals surface area (Å²) in [7, 11) is 0. The Labute approximate surface area is 75.7 Å². The Bertz CT molecular complexity index is 255. The maximum absolute atomic E-state index is 4.08. The molecule has 1 unspecified atom stereocenters. The van der Waals surface area contributed by atoms with Gasteiger partial charge in [0.2, 0.25) is 5.13 Å². The van der Waals surface area contributed by atoms with Crippen LogP contribution in [0, 0.1) is 0 Å². The van der Waals surface area contributed by atoms with E-state index < -0.39 is 0 Å². The lowest BCUT2D eigenvalue weighted by Crippen LogP contribution is -2.19. The van der Waals surface area contributed by atoms with Crippen LogP contribution in [0.4, 0.5) is 5.13 Å². The third-order valence-corrected chi connectivity index (χ3v) is 2.55. The summed E-state index contributed by atoms with van der Waals surface area (Å²) < 4.78 is 3.94. The van der Waals surface area contributed by atoms with Crippen LogP contribution in [-0.4, -0.2) is 15.4 Å². The fraction of sp³-hybridized carbons (Fsp3) is 0.500. The molecule has 0 fully saturated rings. The summed E-state index contributed by atoms with van der Waals surface area (Å²) in [6.07, 6.45) is 9.54. The molecular formula is C8H11N3S. The minimum Gasteiger partial charge on any atom is -0.357 e. The van der Waals surface area contributed by atoms with Gasteiger partial charge in [0.05, 0.1) is 0 Å². The van der Waals surface area contributed by atoms with Crippen molar-refractivity contribution in [3.63, 3.8) is 0 Å². The average molecular weight is 181 g/mol. The first-order valence-corrected chi connectivity index (χ1v) is 4.91. The van der Waals surface area contributed by atoms with Crippen LogP contribution in [-0.2, 0) is 0 Å². The topological polar surface area (TPSA) is 37.8 Å². The molecule has 0 radical (unpaired) electrons. The lowest BCUT2D eigenvalue weighted by molar-refractivity contribution is 0.644. The molecule has 2 rings (SSSR count). The standard InChI is InChI=1S/C8H11N3S/c1-2-4-7(5-3-1)11-8-9-6-10-12-8/h1-2,6-7H,3-5H2,(H,9,10,11). The van der Waals surface area contributed by atoms with Crippen molar-refractivity contribution in [2.24, 2.45) is 0 Å². The van der Waals surface area contributed by atoms with Crippen LogP contribution in [0.5, 0.6) is 0 Å². The van der Waals surface area contributed by atoms with Crippen molar-refractivity contribution in [3.05, 3.63) is 18.5 Å². The molecule has 0 saturated heterocycles. The van der Waals surface area contributed by atoms with E-state index in [0.717, 1.165) is 11.6 Å². The predicted octanol–water partition coefficient (Wildman–Crippen LogP) is 2.06. The molecule has 1 aliphatic rings. The van der Waals surface area contributed by atoms with E-state index in [1.165, 1.54) is 24.4 Å². The molecule has 12 heavy (non-hydrogen) atoms. The van der Waals surface area contributed by atoms with Gasteiger partial charge in [0.1, 0.15) is 6.33 Å². The molecular weight excluding hydrogens is 170 g/mol. The molecule has 0 spiro atoms. The minimum absolute atomic E-state index is 0.558. The van der Waals surface area contributed by atoms with Gasteiger partial charge in [-0.2, -0.15) is 4.37 Å². The van der Waals surface area contributed by atoms with Gasteiger partial charge < -0.3 is 5.32 Å². The Morgan fingerprint density at radius 1 is 1.50 bits per heavy atom. The van der Waals surface area contributed by atoms with Crippen molar-refractivity contribution >= 4 is 16.7 Å². The maximum atomic E-state index is 4.08. The second kappa shape index (κ2) is 3.67. The van der Waals surface area contributed by atoms with Crippen molar-refractivity contribution in [1.29, 1.82) is 0 Å². The molecule has 64 valence electrons. The first kappa shape index (κ1) is 7.73. The first-order valence-electron chi connectivity index (χ1n) is 4.13. The quantitative estimate of drug-likeness (QED) is 0.710. The van der Waals surface area contributed by atoms with E-state index in [0.29, 0.717) is 6.04 Å². The fourth-order valence-corrected chi connectivity index (χ4v) is 1.84. The SMILES string of the molecule is C1=CCC(Nc2ncns2)CC1. The Balaban J connectivity index is 1.91. The van der Waals surface area contributed by atoms with E-state index in [-0.39, 0.29) is 0 Å². The van der Waals surface area contributed by atoms with E-state index in [9.17, 15) is 0 Å². The van der Waals surface area contributed by atoms with Gasteiger partial charge in [0.15, 0.2) is 0 Å². The van der Waals surface area contributed by atoms with E-state index in [2.05, 4.69) is 26.8 Å². The smallest absolute Gasteiger partial charge is 0.202 e. The highest BCUT2D eigenvalue weighted by Crippen LogP contribution is 2.17. The molecule has 1 N–H and O–H groups in total. The van der Waals surface area contributed by atoms with Crippen LogP contribution in [0.25, 0.3) is 0 Å². The highest BCUT2D eigenvalue weighted by molar-refractivity contribution is 7.09. The van der Waals surface area contributed by atoms with Gasteiger partial charge in [0, 0.05) is 17.6 Å². The number of hydrogen-bond acceptors (Lipinski definition) is 4. The largest absolute Gasteiger partial charge is 0.357 e. The lowest BCUT2D eigenvalue weighted by Gasteiger charge is -2.17. The normalized spacial score (nSPS) is 22.5. The third-order valence-electron chi connectivity index (χ3n) is 1.96. The summed E-state index contributed by atoms with van der Waals surface area (Å²) in [5.74, 6) is 0.